The fourth-order valence-electron chi connectivity index (χ4n) is 2.40. The van der Waals surface area contributed by atoms with Crippen LogP contribution in [0.2, 0.25) is 0 Å². The maximum Gasteiger partial charge on any atom is 0.316 e. The SMILES string of the molecule is O=[PH](O)OCc1cc(-c2ccccc2)cnc1-c1ccccc1. The molecule has 116 valence electrons. The Morgan fingerprint density at radius 1 is 0.913 bits per heavy atom. The molecule has 0 fully saturated rings. The van der Waals surface area contributed by atoms with E-state index >= 15 is 0 Å². The number of benzene rings is 2. The predicted molar refractivity (Wildman–Crippen MR) is 91.1 cm³/mol. The smallest absolute Gasteiger partial charge is 0.316 e. The molecule has 0 aliphatic rings. The molecule has 23 heavy (non-hydrogen) atoms. The van der Waals surface area contributed by atoms with Crippen molar-refractivity contribution >= 4 is 8.25 Å². The lowest BCUT2D eigenvalue weighted by atomic mass is 10.0. The van der Waals surface area contributed by atoms with Gasteiger partial charge in [-0.1, -0.05) is 60.7 Å². The molecular weight excluding hydrogens is 309 g/mol. The Kier molecular flexibility index (Phi) is 4.99. The maximum atomic E-state index is 10.9. The van der Waals surface area contributed by atoms with Gasteiger partial charge in [-0.05, 0) is 11.6 Å². The third-order valence-electron chi connectivity index (χ3n) is 3.47. The van der Waals surface area contributed by atoms with E-state index in [9.17, 15) is 4.57 Å². The zero-order chi connectivity index (χ0) is 16.1. The lowest BCUT2D eigenvalue weighted by molar-refractivity contribution is 0.272. The molecule has 3 aromatic rings. The molecule has 0 saturated heterocycles. The highest BCUT2D eigenvalue weighted by molar-refractivity contribution is 7.32. The summed E-state index contributed by atoms with van der Waals surface area (Å²) in [5.41, 5.74) is 4.47. The van der Waals surface area contributed by atoms with Crippen LogP contribution in [0.15, 0.2) is 72.9 Å². The second-order valence-electron chi connectivity index (χ2n) is 5.02. The van der Waals surface area contributed by atoms with E-state index < -0.39 is 8.25 Å². The van der Waals surface area contributed by atoms with Crippen molar-refractivity contribution in [1.29, 1.82) is 0 Å². The monoisotopic (exact) mass is 325 g/mol. The Balaban J connectivity index is 2.04. The molecule has 0 aliphatic heterocycles. The van der Waals surface area contributed by atoms with Crippen LogP contribution >= 0.6 is 8.25 Å². The van der Waals surface area contributed by atoms with Crippen molar-refractivity contribution < 1.29 is 14.0 Å². The average molecular weight is 325 g/mol. The van der Waals surface area contributed by atoms with Crippen molar-refractivity contribution in [3.8, 4) is 22.4 Å². The highest BCUT2D eigenvalue weighted by Gasteiger charge is 2.10. The lowest BCUT2D eigenvalue weighted by Gasteiger charge is -2.11. The topological polar surface area (TPSA) is 59.4 Å². The third kappa shape index (κ3) is 3.93. The summed E-state index contributed by atoms with van der Waals surface area (Å²) in [4.78, 5) is 13.5. The maximum absolute atomic E-state index is 10.9. The molecule has 1 atom stereocenters. The van der Waals surface area contributed by atoms with Crippen LogP contribution in [0.4, 0.5) is 0 Å². The molecule has 0 spiro atoms. The number of rotatable bonds is 5. The zero-order valence-electron chi connectivity index (χ0n) is 12.3. The average Bonchev–Trinajstić information content (AvgIpc) is 2.61. The number of hydrogen-bond donors (Lipinski definition) is 1. The summed E-state index contributed by atoms with van der Waals surface area (Å²) < 4.78 is 15.9. The molecule has 2 aromatic carbocycles. The lowest BCUT2D eigenvalue weighted by Crippen LogP contribution is -1.96. The summed E-state index contributed by atoms with van der Waals surface area (Å²) in [7, 11) is -2.98. The highest BCUT2D eigenvalue weighted by Crippen LogP contribution is 2.29. The Labute approximate surface area is 135 Å². The molecule has 3 rings (SSSR count). The summed E-state index contributed by atoms with van der Waals surface area (Å²) in [6.07, 6.45) is 1.81. The highest BCUT2D eigenvalue weighted by atomic mass is 31.1. The Bertz CT molecular complexity index is 807. The second-order valence-corrected chi connectivity index (χ2v) is 5.84. The summed E-state index contributed by atoms with van der Waals surface area (Å²) in [5, 5.41) is 0. The van der Waals surface area contributed by atoms with E-state index in [4.69, 9.17) is 9.42 Å². The standard InChI is InChI=1S/C18H16NO3P/c20-23(21)22-13-17-11-16(14-7-3-1-4-8-14)12-19-18(17)15-9-5-2-6-10-15/h1-12,23H,13H2,(H,20,21). The predicted octanol–water partition coefficient (Wildman–Crippen LogP) is 4.31. The molecule has 0 amide bonds. The number of pyridine rings is 1. The molecule has 5 heteroatoms. The van der Waals surface area contributed by atoms with Gasteiger partial charge in [0.05, 0.1) is 12.3 Å². The van der Waals surface area contributed by atoms with Crippen LogP contribution in [0.25, 0.3) is 22.4 Å². The fourth-order valence-corrected chi connectivity index (χ4v) is 2.68. The van der Waals surface area contributed by atoms with Crippen LogP contribution in [0.1, 0.15) is 5.56 Å². The van der Waals surface area contributed by atoms with Crippen LogP contribution in [0, 0.1) is 0 Å². The van der Waals surface area contributed by atoms with Gasteiger partial charge in [0.1, 0.15) is 0 Å². The quantitative estimate of drug-likeness (QED) is 0.710. The zero-order valence-corrected chi connectivity index (χ0v) is 13.3. The first-order chi connectivity index (χ1) is 11.2. The van der Waals surface area contributed by atoms with Gasteiger partial charge < -0.3 is 9.42 Å². The van der Waals surface area contributed by atoms with Crippen molar-refractivity contribution in [2.45, 2.75) is 6.61 Å². The third-order valence-corrected chi connectivity index (χ3v) is 3.86. The van der Waals surface area contributed by atoms with Crippen LogP contribution in [-0.4, -0.2) is 9.88 Å². The fraction of sp³-hybridized carbons (Fsp3) is 0.0556. The van der Waals surface area contributed by atoms with Gasteiger partial charge in [-0.15, -0.1) is 0 Å². The molecule has 1 unspecified atom stereocenters. The van der Waals surface area contributed by atoms with Crippen LogP contribution in [0.3, 0.4) is 0 Å². The normalized spacial score (nSPS) is 12.0. The molecular formula is C18H16NO3P. The van der Waals surface area contributed by atoms with E-state index in [1.54, 1.807) is 0 Å². The number of nitrogens with zero attached hydrogens (tertiary/aromatic N) is 1. The first kappa shape index (κ1) is 15.6. The largest absolute Gasteiger partial charge is 0.326 e. The minimum atomic E-state index is -2.98. The van der Waals surface area contributed by atoms with Crippen LogP contribution in [-0.2, 0) is 15.7 Å². The van der Waals surface area contributed by atoms with Gasteiger partial charge in [-0.2, -0.15) is 0 Å². The molecule has 0 radical (unpaired) electrons. The van der Waals surface area contributed by atoms with Crippen molar-refractivity contribution in [2.24, 2.45) is 0 Å². The molecule has 1 N–H and O–H groups in total. The van der Waals surface area contributed by atoms with E-state index in [-0.39, 0.29) is 6.61 Å². The van der Waals surface area contributed by atoms with Gasteiger partial charge in [0.2, 0.25) is 0 Å². The van der Waals surface area contributed by atoms with E-state index in [0.717, 1.165) is 27.9 Å². The second kappa shape index (κ2) is 7.34. The van der Waals surface area contributed by atoms with Crippen LogP contribution < -0.4 is 0 Å². The van der Waals surface area contributed by atoms with E-state index in [0.29, 0.717) is 0 Å². The summed E-state index contributed by atoms with van der Waals surface area (Å²) in [5.74, 6) is 0. The van der Waals surface area contributed by atoms with Gasteiger partial charge in [0, 0.05) is 22.9 Å². The van der Waals surface area contributed by atoms with Gasteiger partial charge in [-0.25, -0.2) is 0 Å². The number of hydrogen-bond acceptors (Lipinski definition) is 3. The van der Waals surface area contributed by atoms with Gasteiger partial charge in [0.25, 0.3) is 0 Å². The first-order valence-electron chi connectivity index (χ1n) is 7.19. The van der Waals surface area contributed by atoms with Crippen molar-refractivity contribution in [3.63, 3.8) is 0 Å². The van der Waals surface area contributed by atoms with E-state index in [2.05, 4.69) is 4.98 Å². The van der Waals surface area contributed by atoms with Crippen molar-refractivity contribution in [1.82, 2.24) is 4.98 Å². The van der Waals surface area contributed by atoms with E-state index in [1.807, 2.05) is 72.9 Å². The minimum Gasteiger partial charge on any atom is -0.326 e. The Hall–Kier alpha value is -2.26. The molecule has 4 nitrogen and oxygen atoms in total. The Morgan fingerprint density at radius 2 is 1.52 bits per heavy atom. The summed E-state index contributed by atoms with van der Waals surface area (Å²) in [6, 6.07) is 21.5. The van der Waals surface area contributed by atoms with Crippen LogP contribution in [0.5, 0.6) is 0 Å². The molecule has 1 aromatic heterocycles. The minimum absolute atomic E-state index is 0.0478. The molecule has 0 aliphatic carbocycles. The van der Waals surface area contributed by atoms with Crippen molar-refractivity contribution in [2.75, 3.05) is 0 Å². The first-order valence-corrected chi connectivity index (χ1v) is 8.46. The van der Waals surface area contributed by atoms with Gasteiger partial charge >= 0.3 is 8.25 Å². The summed E-state index contributed by atoms with van der Waals surface area (Å²) >= 11 is 0. The molecule has 0 saturated carbocycles. The number of aromatic nitrogens is 1. The Morgan fingerprint density at radius 3 is 2.13 bits per heavy atom. The van der Waals surface area contributed by atoms with Crippen molar-refractivity contribution in [3.05, 3.63) is 78.5 Å². The molecule has 0 bridgehead atoms. The summed E-state index contributed by atoms with van der Waals surface area (Å²) in [6.45, 7) is 0.0478. The van der Waals surface area contributed by atoms with Gasteiger partial charge in [-0.3, -0.25) is 9.55 Å². The van der Waals surface area contributed by atoms with Gasteiger partial charge in [0.15, 0.2) is 0 Å². The molecule has 1 heterocycles. The van der Waals surface area contributed by atoms with E-state index in [1.165, 1.54) is 0 Å².